The zero-order valence-electron chi connectivity index (χ0n) is 10.3. The van der Waals surface area contributed by atoms with Crippen LogP contribution in [0.1, 0.15) is 44.6 Å². The summed E-state index contributed by atoms with van der Waals surface area (Å²) in [6.45, 7) is 6.98. The molecule has 0 spiro atoms. The highest BCUT2D eigenvalue weighted by molar-refractivity contribution is 8.13. The molecular formula is C11H17ClN2O2S. The van der Waals surface area contributed by atoms with Gasteiger partial charge in [0.25, 0.3) is 9.05 Å². The number of nitrogens with zero attached hydrogens (tertiary/aromatic N) is 2. The lowest BCUT2D eigenvalue weighted by molar-refractivity contribution is 0.401. The number of halogens is 1. The van der Waals surface area contributed by atoms with Crippen molar-refractivity contribution in [2.24, 2.45) is 5.92 Å². The van der Waals surface area contributed by atoms with Crippen molar-refractivity contribution in [2.45, 2.75) is 51.1 Å². The molecule has 0 amide bonds. The SMILES string of the molecule is CC1CCn2c(C(C)C)nc(S(=O)(=O)Cl)c2C1. The standard InChI is InChI=1S/C11H17ClN2O2S/c1-7(2)10-13-11(17(12,15)16)9-6-8(3)4-5-14(9)10/h7-8H,4-6H2,1-3H3. The highest BCUT2D eigenvalue weighted by Gasteiger charge is 2.29. The fourth-order valence-electron chi connectivity index (χ4n) is 2.35. The fourth-order valence-corrected chi connectivity index (χ4v) is 3.40. The van der Waals surface area contributed by atoms with Crippen molar-refractivity contribution in [1.82, 2.24) is 9.55 Å². The van der Waals surface area contributed by atoms with Gasteiger partial charge >= 0.3 is 0 Å². The van der Waals surface area contributed by atoms with Gasteiger partial charge in [0.15, 0.2) is 5.03 Å². The Kier molecular flexibility index (Phi) is 3.25. The summed E-state index contributed by atoms with van der Waals surface area (Å²) in [5, 5.41) is 0.0643. The molecule has 2 heterocycles. The monoisotopic (exact) mass is 276 g/mol. The molecule has 2 rings (SSSR count). The van der Waals surface area contributed by atoms with E-state index in [1.54, 1.807) is 0 Å². The van der Waals surface area contributed by atoms with Crippen LogP contribution in [0.5, 0.6) is 0 Å². The van der Waals surface area contributed by atoms with Gasteiger partial charge < -0.3 is 4.57 Å². The van der Waals surface area contributed by atoms with E-state index in [9.17, 15) is 8.42 Å². The van der Waals surface area contributed by atoms with E-state index < -0.39 is 9.05 Å². The second kappa shape index (κ2) is 4.28. The molecule has 0 saturated heterocycles. The maximum atomic E-state index is 11.5. The third kappa shape index (κ3) is 2.36. The molecule has 1 aromatic heterocycles. The van der Waals surface area contributed by atoms with Crippen molar-refractivity contribution in [3.63, 3.8) is 0 Å². The minimum absolute atomic E-state index is 0.0643. The molecule has 1 unspecified atom stereocenters. The molecule has 0 saturated carbocycles. The summed E-state index contributed by atoms with van der Waals surface area (Å²) in [6.07, 6.45) is 1.80. The molecule has 1 aliphatic rings. The Balaban J connectivity index is 2.63. The van der Waals surface area contributed by atoms with E-state index in [2.05, 4.69) is 11.9 Å². The van der Waals surface area contributed by atoms with Crippen molar-refractivity contribution in [3.8, 4) is 0 Å². The summed E-state index contributed by atoms with van der Waals surface area (Å²) in [5.74, 6) is 1.51. The van der Waals surface area contributed by atoms with Crippen LogP contribution in [0, 0.1) is 5.92 Å². The number of rotatable bonds is 2. The number of imidazole rings is 1. The van der Waals surface area contributed by atoms with E-state index in [0.717, 1.165) is 30.9 Å². The topological polar surface area (TPSA) is 52.0 Å². The van der Waals surface area contributed by atoms with Gasteiger partial charge in [0.1, 0.15) is 5.82 Å². The van der Waals surface area contributed by atoms with Crippen molar-refractivity contribution >= 4 is 19.7 Å². The zero-order chi connectivity index (χ0) is 12.8. The van der Waals surface area contributed by atoms with E-state index >= 15 is 0 Å². The maximum absolute atomic E-state index is 11.5. The lowest BCUT2D eigenvalue weighted by Crippen LogP contribution is -2.19. The third-order valence-corrected chi connectivity index (χ3v) is 4.43. The summed E-state index contributed by atoms with van der Waals surface area (Å²) in [5.41, 5.74) is 0.780. The highest BCUT2D eigenvalue weighted by Crippen LogP contribution is 2.31. The molecule has 1 aromatic rings. The lowest BCUT2D eigenvalue weighted by atomic mass is 9.98. The molecule has 4 nitrogen and oxygen atoms in total. The maximum Gasteiger partial charge on any atom is 0.280 e. The van der Waals surface area contributed by atoms with E-state index in [-0.39, 0.29) is 10.9 Å². The molecule has 17 heavy (non-hydrogen) atoms. The van der Waals surface area contributed by atoms with Crippen LogP contribution >= 0.6 is 10.7 Å². The van der Waals surface area contributed by atoms with Crippen LogP contribution in [0.3, 0.4) is 0 Å². The minimum Gasteiger partial charge on any atom is -0.330 e. The fraction of sp³-hybridized carbons (Fsp3) is 0.727. The number of hydrogen-bond donors (Lipinski definition) is 0. The molecule has 0 aromatic carbocycles. The molecule has 0 aliphatic carbocycles. The quantitative estimate of drug-likeness (QED) is 0.780. The first-order valence-electron chi connectivity index (χ1n) is 5.84. The first-order chi connectivity index (χ1) is 7.80. The lowest BCUT2D eigenvalue weighted by Gasteiger charge is -2.23. The summed E-state index contributed by atoms with van der Waals surface area (Å²) in [7, 11) is 1.72. The van der Waals surface area contributed by atoms with Crippen molar-refractivity contribution < 1.29 is 8.42 Å². The Morgan fingerprint density at radius 2 is 2.12 bits per heavy atom. The van der Waals surface area contributed by atoms with Crippen LogP contribution in [0.2, 0.25) is 0 Å². The number of fused-ring (bicyclic) bond motifs is 1. The van der Waals surface area contributed by atoms with Crippen LogP contribution in [0.25, 0.3) is 0 Å². The van der Waals surface area contributed by atoms with Gasteiger partial charge in [0, 0.05) is 23.1 Å². The Bertz CT molecular complexity index is 534. The van der Waals surface area contributed by atoms with Gasteiger partial charge in [-0.15, -0.1) is 0 Å². The zero-order valence-corrected chi connectivity index (χ0v) is 11.8. The van der Waals surface area contributed by atoms with Gasteiger partial charge in [0.05, 0.1) is 5.69 Å². The van der Waals surface area contributed by atoms with Crippen LogP contribution in [0.15, 0.2) is 5.03 Å². The highest BCUT2D eigenvalue weighted by atomic mass is 35.7. The summed E-state index contributed by atoms with van der Waals surface area (Å²) in [6, 6.07) is 0. The normalized spacial score (nSPS) is 20.6. The predicted octanol–water partition coefficient (Wildman–Crippen LogP) is 2.52. The molecular weight excluding hydrogens is 260 g/mol. The molecule has 0 fully saturated rings. The molecule has 1 aliphatic heterocycles. The molecule has 0 bridgehead atoms. The van der Waals surface area contributed by atoms with Crippen molar-refractivity contribution in [3.05, 3.63) is 11.5 Å². The Hall–Kier alpha value is -0.550. The van der Waals surface area contributed by atoms with Gasteiger partial charge in [-0.2, -0.15) is 0 Å². The minimum atomic E-state index is -3.74. The van der Waals surface area contributed by atoms with Crippen LogP contribution in [-0.4, -0.2) is 18.0 Å². The molecule has 0 radical (unpaired) electrons. The second-order valence-corrected chi connectivity index (χ2v) is 7.55. The van der Waals surface area contributed by atoms with Crippen LogP contribution in [0.4, 0.5) is 0 Å². The van der Waals surface area contributed by atoms with E-state index in [4.69, 9.17) is 10.7 Å². The molecule has 6 heteroatoms. The summed E-state index contributed by atoms with van der Waals surface area (Å²) >= 11 is 0. The van der Waals surface area contributed by atoms with E-state index in [1.807, 2.05) is 18.4 Å². The van der Waals surface area contributed by atoms with Gasteiger partial charge in [0.2, 0.25) is 0 Å². The molecule has 1 atom stereocenters. The van der Waals surface area contributed by atoms with Crippen LogP contribution < -0.4 is 0 Å². The van der Waals surface area contributed by atoms with Gasteiger partial charge in [-0.05, 0) is 18.8 Å². The second-order valence-electron chi connectivity index (χ2n) is 5.06. The van der Waals surface area contributed by atoms with Gasteiger partial charge in [-0.1, -0.05) is 20.8 Å². The summed E-state index contributed by atoms with van der Waals surface area (Å²) < 4.78 is 25.1. The Labute approximate surface area is 106 Å². The number of aromatic nitrogens is 2. The molecule has 0 N–H and O–H groups in total. The van der Waals surface area contributed by atoms with Crippen molar-refractivity contribution in [2.75, 3.05) is 0 Å². The van der Waals surface area contributed by atoms with E-state index in [1.165, 1.54) is 0 Å². The number of hydrogen-bond acceptors (Lipinski definition) is 3. The largest absolute Gasteiger partial charge is 0.330 e. The first-order valence-corrected chi connectivity index (χ1v) is 8.15. The van der Waals surface area contributed by atoms with Crippen LogP contribution in [-0.2, 0) is 22.0 Å². The average Bonchev–Trinajstić information content (AvgIpc) is 2.55. The Morgan fingerprint density at radius 1 is 1.47 bits per heavy atom. The van der Waals surface area contributed by atoms with Gasteiger partial charge in [-0.25, -0.2) is 13.4 Å². The third-order valence-electron chi connectivity index (χ3n) is 3.20. The van der Waals surface area contributed by atoms with E-state index in [0.29, 0.717) is 5.92 Å². The van der Waals surface area contributed by atoms with Gasteiger partial charge in [-0.3, -0.25) is 0 Å². The average molecular weight is 277 g/mol. The summed E-state index contributed by atoms with van der Waals surface area (Å²) in [4.78, 5) is 4.24. The van der Waals surface area contributed by atoms with Crippen molar-refractivity contribution in [1.29, 1.82) is 0 Å². The predicted molar refractivity (Wildman–Crippen MR) is 66.8 cm³/mol. The smallest absolute Gasteiger partial charge is 0.280 e. The first kappa shape index (κ1) is 12.9. The molecule has 96 valence electrons. The Morgan fingerprint density at radius 3 is 2.65 bits per heavy atom.